The number of hydrogen-bond acceptors (Lipinski definition) is 6. The molecule has 29 heavy (non-hydrogen) atoms. The molecule has 1 aliphatic rings. The second-order valence-electron chi connectivity index (χ2n) is 7.42. The van der Waals surface area contributed by atoms with Crippen molar-refractivity contribution in [3.8, 4) is 0 Å². The molecule has 1 saturated heterocycles. The minimum absolute atomic E-state index is 0. The Bertz CT molecular complexity index is 862. The van der Waals surface area contributed by atoms with Gasteiger partial charge in [-0.1, -0.05) is 13.8 Å². The van der Waals surface area contributed by atoms with Gasteiger partial charge < -0.3 is 15.7 Å². The highest BCUT2D eigenvalue weighted by atomic mass is 35.5. The number of rotatable bonds is 4. The number of amides is 1. The lowest BCUT2D eigenvalue weighted by Crippen LogP contribution is -2.61. The van der Waals surface area contributed by atoms with Crippen molar-refractivity contribution >= 4 is 29.5 Å². The van der Waals surface area contributed by atoms with Gasteiger partial charge in [0, 0.05) is 37.2 Å². The first kappa shape index (κ1) is 23.2. The molecule has 0 aromatic carbocycles. The third kappa shape index (κ3) is 4.76. The molecule has 3 atom stereocenters. The van der Waals surface area contributed by atoms with Gasteiger partial charge in [0.1, 0.15) is 11.6 Å². The van der Waals surface area contributed by atoms with E-state index in [1.807, 2.05) is 0 Å². The molecule has 0 saturated carbocycles. The number of nitrogens with zero attached hydrogens (tertiary/aromatic N) is 3. The number of carbonyl (C=O) groups is 1. The van der Waals surface area contributed by atoms with E-state index in [4.69, 9.17) is 0 Å². The molecule has 0 bridgehead atoms. The van der Waals surface area contributed by atoms with Crippen LogP contribution in [0.1, 0.15) is 25.8 Å². The molecule has 0 unspecified atom stereocenters. The number of carbonyl (C=O) groups excluding carboxylic acids is 1. The lowest BCUT2D eigenvalue weighted by atomic mass is 9.77. The highest BCUT2D eigenvalue weighted by molar-refractivity contribution is 5.85. The number of alkyl halides is 3. The summed E-state index contributed by atoms with van der Waals surface area (Å²) in [5, 5.41) is 15.6. The zero-order valence-corrected chi connectivity index (χ0v) is 16.7. The van der Waals surface area contributed by atoms with Crippen molar-refractivity contribution in [2.24, 2.45) is 11.8 Å². The summed E-state index contributed by atoms with van der Waals surface area (Å²) in [6.45, 7) is 3.12. The van der Waals surface area contributed by atoms with Crippen molar-refractivity contribution in [3.63, 3.8) is 0 Å². The summed E-state index contributed by atoms with van der Waals surface area (Å²) in [6, 6.07) is 1.54. The topological polar surface area (TPSA) is 100 Å². The zero-order valence-electron chi connectivity index (χ0n) is 15.9. The third-order valence-corrected chi connectivity index (χ3v) is 5.03. The van der Waals surface area contributed by atoms with Crippen molar-refractivity contribution in [2.75, 3.05) is 13.1 Å². The number of fused-ring (bicyclic) bond motifs is 1. The molecule has 2 aromatic heterocycles. The summed E-state index contributed by atoms with van der Waals surface area (Å²) in [7, 11) is 0. The van der Waals surface area contributed by atoms with Gasteiger partial charge >= 0.3 is 6.18 Å². The van der Waals surface area contributed by atoms with Gasteiger partial charge in [-0.05, 0) is 18.4 Å². The third-order valence-electron chi connectivity index (χ3n) is 5.03. The maximum atomic E-state index is 13.5. The fourth-order valence-electron chi connectivity index (χ4n) is 3.50. The predicted molar refractivity (Wildman–Crippen MR) is 102 cm³/mol. The first-order chi connectivity index (χ1) is 13.1. The van der Waals surface area contributed by atoms with Crippen molar-refractivity contribution in [1.29, 1.82) is 0 Å². The average Bonchev–Trinajstić information content (AvgIpc) is 2.66. The van der Waals surface area contributed by atoms with Crippen LogP contribution in [0, 0.1) is 11.8 Å². The summed E-state index contributed by atoms with van der Waals surface area (Å²) >= 11 is 0. The van der Waals surface area contributed by atoms with Gasteiger partial charge in [0.2, 0.25) is 5.91 Å². The first-order valence-electron chi connectivity index (χ1n) is 8.98. The molecule has 11 heteroatoms. The molecule has 1 fully saturated rings. The van der Waals surface area contributed by atoms with Gasteiger partial charge in [-0.3, -0.25) is 9.78 Å². The molecule has 7 nitrogen and oxygen atoms in total. The van der Waals surface area contributed by atoms with Crippen molar-refractivity contribution in [2.45, 2.75) is 38.1 Å². The quantitative estimate of drug-likeness (QED) is 0.681. The minimum atomic E-state index is -4.44. The van der Waals surface area contributed by atoms with Gasteiger partial charge in [-0.25, -0.2) is 9.97 Å². The Morgan fingerprint density at radius 2 is 1.93 bits per heavy atom. The van der Waals surface area contributed by atoms with Crippen LogP contribution in [0.2, 0.25) is 0 Å². The van der Waals surface area contributed by atoms with Crippen LogP contribution in [0.4, 0.5) is 13.2 Å². The molecule has 0 radical (unpaired) electrons. The van der Waals surface area contributed by atoms with Crippen LogP contribution in [0.5, 0.6) is 0 Å². The standard InChI is InChI=1S/C18H22F3N5O2.ClH/c1-10(2)14(27)16(28)26-17(7-11(8-22-9-17)18(19,20)21)12-3-4-24-15-13(12)23-5-6-25-15;/h3-6,10-11,14,22,27H,7-9H2,1-2H3,(H,26,28);1H/t11-,14+,17-;/m1./s1. The minimum Gasteiger partial charge on any atom is -0.383 e. The second kappa shape index (κ2) is 8.76. The Kier molecular flexibility index (Phi) is 7.02. The SMILES string of the molecule is CC(C)[C@H](O)C(=O)N[C@@]1(c2ccnc3nccnc23)CNC[C@H](C(F)(F)F)C1.Cl. The molecule has 2 aromatic rings. The van der Waals surface area contributed by atoms with Crippen LogP contribution in [0.3, 0.4) is 0 Å². The van der Waals surface area contributed by atoms with Gasteiger partial charge in [0.15, 0.2) is 5.65 Å². The summed E-state index contributed by atoms with van der Waals surface area (Å²) in [6.07, 6.45) is -1.88. The molecule has 1 amide bonds. The fourth-order valence-corrected chi connectivity index (χ4v) is 3.50. The molecule has 3 heterocycles. The first-order valence-corrected chi connectivity index (χ1v) is 8.98. The fraction of sp³-hybridized carbons (Fsp3) is 0.556. The van der Waals surface area contributed by atoms with Crippen LogP contribution in [-0.4, -0.2) is 51.3 Å². The number of piperidine rings is 1. The number of aliphatic hydroxyl groups excluding tert-OH is 1. The van der Waals surface area contributed by atoms with E-state index >= 15 is 0 Å². The van der Waals surface area contributed by atoms with Crippen LogP contribution >= 0.6 is 12.4 Å². The Hall–Kier alpha value is -2.04. The van der Waals surface area contributed by atoms with Crippen LogP contribution in [-0.2, 0) is 10.3 Å². The highest BCUT2D eigenvalue weighted by Crippen LogP contribution is 2.40. The largest absolute Gasteiger partial charge is 0.393 e. The lowest BCUT2D eigenvalue weighted by Gasteiger charge is -2.43. The molecule has 0 spiro atoms. The molecule has 1 aliphatic heterocycles. The maximum absolute atomic E-state index is 13.5. The number of hydrogen-bond donors (Lipinski definition) is 3. The number of halogens is 4. The molecule has 3 rings (SSSR count). The Balaban J connectivity index is 0.00000300. The molecule has 3 N–H and O–H groups in total. The summed E-state index contributed by atoms with van der Waals surface area (Å²) in [5.74, 6) is -2.79. The normalized spacial score (nSPS) is 23.5. The Labute approximate surface area is 171 Å². The molecular formula is C18H23ClF3N5O2. The zero-order chi connectivity index (χ0) is 20.5. The van der Waals surface area contributed by atoms with E-state index < -0.39 is 29.6 Å². The molecule has 160 valence electrons. The monoisotopic (exact) mass is 433 g/mol. The summed E-state index contributed by atoms with van der Waals surface area (Å²) in [5.41, 5.74) is -0.444. The van der Waals surface area contributed by atoms with Gasteiger partial charge in [-0.15, -0.1) is 12.4 Å². The van der Waals surface area contributed by atoms with E-state index in [1.54, 1.807) is 19.9 Å². The second-order valence-corrected chi connectivity index (χ2v) is 7.42. The van der Waals surface area contributed by atoms with Crippen molar-refractivity contribution < 1.29 is 23.1 Å². The van der Waals surface area contributed by atoms with Crippen molar-refractivity contribution in [3.05, 3.63) is 30.2 Å². The Morgan fingerprint density at radius 1 is 1.28 bits per heavy atom. The lowest BCUT2D eigenvalue weighted by molar-refractivity contribution is -0.185. The highest BCUT2D eigenvalue weighted by Gasteiger charge is 2.50. The number of aromatic nitrogens is 3. The summed E-state index contributed by atoms with van der Waals surface area (Å²) < 4.78 is 40.5. The summed E-state index contributed by atoms with van der Waals surface area (Å²) in [4.78, 5) is 25.0. The van der Waals surface area contributed by atoms with Crippen molar-refractivity contribution in [1.82, 2.24) is 25.6 Å². The number of pyridine rings is 1. The van der Waals surface area contributed by atoms with Crippen LogP contribution in [0.25, 0.3) is 11.2 Å². The van der Waals surface area contributed by atoms with Gasteiger partial charge in [-0.2, -0.15) is 13.2 Å². The van der Waals surface area contributed by atoms with E-state index in [0.717, 1.165) is 0 Å². The maximum Gasteiger partial charge on any atom is 0.393 e. The number of nitrogens with one attached hydrogen (secondary N) is 2. The van der Waals surface area contributed by atoms with E-state index in [1.165, 1.54) is 18.6 Å². The van der Waals surface area contributed by atoms with E-state index in [2.05, 4.69) is 25.6 Å². The number of aliphatic hydroxyl groups is 1. The predicted octanol–water partition coefficient (Wildman–Crippen LogP) is 1.95. The van der Waals surface area contributed by atoms with E-state index in [9.17, 15) is 23.1 Å². The average molecular weight is 434 g/mol. The van der Waals surface area contributed by atoms with Gasteiger partial charge in [0.05, 0.1) is 11.5 Å². The van der Waals surface area contributed by atoms with E-state index in [-0.39, 0.29) is 43.5 Å². The molecular weight excluding hydrogens is 411 g/mol. The smallest absolute Gasteiger partial charge is 0.383 e. The van der Waals surface area contributed by atoms with Crippen LogP contribution in [0.15, 0.2) is 24.7 Å². The molecule has 0 aliphatic carbocycles. The Morgan fingerprint density at radius 3 is 2.59 bits per heavy atom. The van der Waals surface area contributed by atoms with E-state index in [0.29, 0.717) is 11.1 Å². The van der Waals surface area contributed by atoms with Gasteiger partial charge in [0.25, 0.3) is 0 Å². The van der Waals surface area contributed by atoms with Crippen LogP contribution < -0.4 is 10.6 Å².